The van der Waals surface area contributed by atoms with Crippen LogP contribution in [0.4, 0.5) is 4.39 Å². The van der Waals surface area contributed by atoms with Crippen LogP contribution in [-0.4, -0.2) is 47.3 Å². The van der Waals surface area contributed by atoms with E-state index in [1.54, 1.807) is 0 Å². The number of sulfonamides is 1. The van der Waals surface area contributed by atoms with Crippen LogP contribution >= 0.6 is 0 Å². The molecule has 0 amide bonds. The third kappa shape index (κ3) is 2.92. The van der Waals surface area contributed by atoms with Crippen molar-refractivity contribution in [3.8, 4) is 11.4 Å². The fourth-order valence-corrected chi connectivity index (χ4v) is 2.48. The molecule has 0 atom stereocenters. The molecular weight excluding hydrogens is 277 g/mol. The molecule has 19 heavy (non-hydrogen) atoms. The second-order valence-corrected chi connectivity index (χ2v) is 5.24. The SMILES string of the molecule is O=S(=O)(NCCO)c1ccc(-c2nn[nH]n2)cc1F. The quantitative estimate of drug-likeness (QED) is 0.667. The fraction of sp³-hybridized carbons (Fsp3) is 0.222. The van der Waals surface area contributed by atoms with Crippen LogP contribution in [0.2, 0.25) is 0 Å². The molecule has 1 aromatic carbocycles. The van der Waals surface area contributed by atoms with E-state index in [2.05, 4.69) is 25.3 Å². The van der Waals surface area contributed by atoms with Gasteiger partial charge in [-0.1, -0.05) is 0 Å². The molecule has 0 radical (unpaired) electrons. The van der Waals surface area contributed by atoms with Gasteiger partial charge in [-0.05, 0) is 23.4 Å². The van der Waals surface area contributed by atoms with Gasteiger partial charge in [-0.2, -0.15) is 5.21 Å². The van der Waals surface area contributed by atoms with Crippen molar-refractivity contribution in [2.24, 2.45) is 0 Å². The summed E-state index contributed by atoms with van der Waals surface area (Å²) in [6, 6.07) is 3.46. The number of aliphatic hydroxyl groups is 1. The van der Waals surface area contributed by atoms with Gasteiger partial charge in [0.2, 0.25) is 15.8 Å². The Labute approximate surface area is 107 Å². The number of aromatic nitrogens is 4. The highest BCUT2D eigenvalue weighted by Gasteiger charge is 2.19. The van der Waals surface area contributed by atoms with Gasteiger partial charge in [-0.3, -0.25) is 0 Å². The van der Waals surface area contributed by atoms with E-state index in [0.717, 1.165) is 12.1 Å². The summed E-state index contributed by atoms with van der Waals surface area (Å²) >= 11 is 0. The lowest BCUT2D eigenvalue weighted by Crippen LogP contribution is -2.27. The number of aliphatic hydroxyl groups excluding tert-OH is 1. The molecule has 2 rings (SSSR count). The Morgan fingerprint density at radius 2 is 2.21 bits per heavy atom. The van der Waals surface area contributed by atoms with E-state index >= 15 is 0 Å². The minimum atomic E-state index is -3.99. The predicted octanol–water partition coefficient (Wildman–Crippen LogP) is -0.724. The molecule has 8 nitrogen and oxygen atoms in total. The molecule has 1 aromatic heterocycles. The van der Waals surface area contributed by atoms with Gasteiger partial charge in [-0.25, -0.2) is 17.5 Å². The lowest BCUT2D eigenvalue weighted by molar-refractivity contribution is 0.301. The molecule has 1 heterocycles. The van der Waals surface area contributed by atoms with Crippen molar-refractivity contribution in [2.45, 2.75) is 4.90 Å². The summed E-state index contributed by atoms with van der Waals surface area (Å²) in [5, 5.41) is 21.4. The minimum absolute atomic E-state index is 0.158. The van der Waals surface area contributed by atoms with Crippen LogP contribution < -0.4 is 4.72 Å². The maximum atomic E-state index is 13.8. The Hall–Kier alpha value is -1.91. The third-order valence-corrected chi connectivity index (χ3v) is 3.72. The van der Waals surface area contributed by atoms with Crippen LogP contribution in [0.3, 0.4) is 0 Å². The predicted molar refractivity (Wildman–Crippen MR) is 61.8 cm³/mol. The second kappa shape index (κ2) is 5.38. The number of rotatable bonds is 5. The van der Waals surface area contributed by atoms with Gasteiger partial charge in [0.15, 0.2) is 0 Å². The highest BCUT2D eigenvalue weighted by molar-refractivity contribution is 7.89. The summed E-state index contributed by atoms with van der Waals surface area (Å²) < 4.78 is 39.2. The molecule has 0 aliphatic heterocycles. The van der Waals surface area contributed by atoms with Gasteiger partial charge in [0, 0.05) is 12.1 Å². The Balaban J connectivity index is 2.35. The van der Waals surface area contributed by atoms with E-state index in [-0.39, 0.29) is 19.0 Å². The monoisotopic (exact) mass is 287 g/mol. The van der Waals surface area contributed by atoms with Crippen LogP contribution in [-0.2, 0) is 10.0 Å². The zero-order chi connectivity index (χ0) is 13.9. The number of hydrogen-bond acceptors (Lipinski definition) is 6. The van der Waals surface area contributed by atoms with E-state index < -0.39 is 20.7 Å². The number of hydrogen-bond donors (Lipinski definition) is 3. The molecule has 0 saturated heterocycles. The van der Waals surface area contributed by atoms with Crippen LogP contribution in [0.1, 0.15) is 0 Å². The number of aromatic amines is 1. The molecular formula is C9H10FN5O3S. The highest BCUT2D eigenvalue weighted by atomic mass is 32.2. The minimum Gasteiger partial charge on any atom is -0.395 e. The van der Waals surface area contributed by atoms with Gasteiger partial charge in [0.25, 0.3) is 0 Å². The number of nitrogens with one attached hydrogen (secondary N) is 2. The molecule has 0 spiro atoms. The molecule has 0 saturated carbocycles. The molecule has 0 unspecified atom stereocenters. The Bertz CT molecular complexity index is 658. The van der Waals surface area contributed by atoms with Crippen LogP contribution in [0.25, 0.3) is 11.4 Å². The summed E-state index contributed by atoms with van der Waals surface area (Å²) in [6.45, 7) is -0.559. The van der Waals surface area contributed by atoms with E-state index in [1.807, 2.05) is 0 Å². The largest absolute Gasteiger partial charge is 0.395 e. The Morgan fingerprint density at radius 1 is 1.42 bits per heavy atom. The molecule has 2 aromatic rings. The van der Waals surface area contributed by atoms with Crippen LogP contribution in [0.15, 0.2) is 23.1 Å². The first kappa shape index (κ1) is 13.5. The first-order chi connectivity index (χ1) is 9.04. The Kier molecular flexibility index (Phi) is 3.83. The van der Waals surface area contributed by atoms with Crippen molar-refractivity contribution >= 4 is 10.0 Å². The number of halogens is 1. The zero-order valence-electron chi connectivity index (χ0n) is 9.54. The first-order valence-electron chi connectivity index (χ1n) is 5.18. The molecule has 0 fully saturated rings. The van der Waals surface area contributed by atoms with Crippen molar-refractivity contribution in [1.82, 2.24) is 25.3 Å². The summed E-state index contributed by atoms with van der Waals surface area (Å²) in [7, 11) is -3.99. The van der Waals surface area contributed by atoms with Gasteiger partial charge in [0.05, 0.1) is 6.61 Å². The summed E-state index contributed by atoms with van der Waals surface area (Å²) in [5.74, 6) is -0.779. The summed E-state index contributed by atoms with van der Waals surface area (Å²) in [6.07, 6.45) is 0. The van der Waals surface area contributed by atoms with Crippen molar-refractivity contribution in [3.05, 3.63) is 24.0 Å². The van der Waals surface area contributed by atoms with Crippen LogP contribution in [0.5, 0.6) is 0 Å². The fourth-order valence-electron chi connectivity index (χ4n) is 1.40. The topological polar surface area (TPSA) is 121 Å². The van der Waals surface area contributed by atoms with E-state index in [1.165, 1.54) is 6.07 Å². The molecule has 10 heteroatoms. The van der Waals surface area contributed by atoms with E-state index in [4.69, 9.17) is 5.11 Å². The van der Waals surface area contributed by atoms with Gasteiger partial charge >= 0.3 is 0 Å². The number of benzene rings is 1. The third-order valence-electron chi connectivity index (χ3n) is 2.23. The average Bonchev–Trinajstić information content (AvgIpc) is 2.90. The molecule has 102 valence electrons. The summed E-state index contributed by atoms with van der Waals surface area (Å²) in [4.78, 5) is -0.506. The van der Waals surface area contributed by atoms with E-state index in [0.29, 0.717) is 5.56 Å². The normalized spacial score (nSPS) is 11.7. The van der Waals surface area contributed by atoms with Gasteiger partial charge in [-0.15, -0.1) is 10.2 Å². The number of tetrazole rings is 1. The number of nitrogens with zero attached hydrogens (tertiary/aromatic N) is 3. The maximum absolute atomic E-state index is 13.8. The van der Waals surface area contributed by atoms with Crippen molar-refractivity contribution in [2.75, 3.05) is 13.2 Å². The molecule has 0 aliphatic carbocycles. The van der Waals surface area contributed by atoms with Gasteiger partial charge < -0.3 is 5.11 Å². The van der Waals surface area contributed by atoms with Crippen LogP contribution in [0, 0.1) is 5.82 Å². The smallest absolute Gasteiger partial charge is 0.243 e. The second-order valence-electron chi connectivity index (χ2n) is 3.50. The zero-order valence-corrected chi connectivity index (χ0v) is 10.4. The standard InChI is InChI=1S/C9H10FN5O3S/c10-7-5-6(9-12-14-15-13-9)1-2-8(7)19(17,18)11-3-4-16/h1-2,5,11,16H,3-4H2,(H,12,13,14,15). The van der Waals surface area contributed by atoms with Crippen molar-refractivity contribution in [3.63, 3.8) is 0 Å². The van der Waals surface area contributed by atoms with Crippen molar-refractivity contribution in [1.29, 1.82) is 0 Å². The average molecular weight is 287 g/mol. The first-order valence-corrected chi connectivity index (χ1v) is 6.67. The summed E-state index contributed by atoms with van der Waals surface area (Å²) in [5.41, 5.74) is 0.298. The maximum Gasteiger partial charge on any atom is 0.243 e. The van der Waals surface area contributed by atoms with Crippen molar-refractivity contribution < 1.29 is 17.9 Å². The molecule has 0 bridgehead atoms. The molecule has 3 N–H and O–H groups in total. The molecule has 0 aliphatic rings. The Morgan fingerprint density at radius 3 is 2.79 bits per heavy atom. The number of H-pyrrole nitrogens is 1. The lowest BCUT2D eigenvalue weighted by Gasteiger charge is -2.07. The van der Waals surface area contributed by atoms with Gasteiger partial charge in [0.1, 0.15) is 10.7 Å². The highest BCUT2D eigenvalue weighted by Crippen LogP contribution is 2.20. The lowest BCUT2D eigenvalue weighted by atomic mass is 10.2. The van der Waals surface area contributed by atoms with E-state index in [9.17, 15) is 12.8 Å².